The standard InChI is InChI=1S/C22H26N2O3/c1-3-17-6-12-20(13-7-17)27-16(2)21(25)23-19-10-8-18(9-11-19)22(26)24-14-4-5-15-24/h6-13,16H,3-5,14-15H2,1-2H3,(H,23,25)/t16-/m1/s1. The summed E-state index contributed by atoms with van der Waals surface area (Å²) in [6.07, 6.45) is 2.48. The number of aryl methyl sites for hydroxylation is 1. The van der Waals surface area contributed by atoms with Gasteiger partial charge in [0, 0.05) is 24.3 Å². The van der Waals surface area contributed by atoms with Crippen LogP contribution in [-0.2, 0) is 11.2 Å². The maximum Gasteiger partial charge on any atom is 0.265 e. The van der Waals surface area contributed by atoms with Crippen LogP contribution in [0.4, 0.5) is 5.69 Å². The molecule has 1 heterocycles. The molecule has 0 bridgehead atoms. The maximum atomic E-state index is 12.4. The summed E-state index contributed by atoms with van der Waals surface area (Å²) in [7, 11) is 0. The molecule has 0 aromatic heterocycles. The van der Waals surface area contributed by atoms with E-state index in [1.165, 1.54) is 5.56 Å². The van der Waals surface area contributed by atoms with E-state index in [0.717, 1.165) is 32.4 Å². The summed E-state index contributed by atoms with van der Waals surface area (Å²) in [6, 6.07) is 14.8. The predicted molar refractivity (Wildman–Crippen MR) is 106 cm³/mol. The number of carbonyl (C=O) groups excluding carboxylic acids is 2. The molecule has 1 saturated heterocycles. The molecule has 3 rings (SSSR count). The third kappa shape index (κ3) is 4.88. The smallest absolute Gasteiger partial charge is 0.265 e. The molecule has 1 aliphatic rings. The summed E-state index contributed by atoms with van der Waals surface area (Å²) >= 11 is 0. The van der Waals surface area contributed by atoms with Gasteiger partial charge in [0.15, 0.2) is 6.10 Å². The number of benzene rings is 2. The number of ether oxygens (including phenoxy) is 1. The van der Waals surface area contributed by atoms with E-state index in [2.05, 4.69) is 12.2 Å². The van der Waals surface area contributed by atoms with Crippen molar-refractivity contribution in [3.8, 4) is 5.75 Å². The van der Waals surface area contributed by atoms with Crippen LogP contribution in [0.1, 0.15) is 42.6 Å². The Morgan fingerprint density at radius 2 is 1.67 bits per heavy atom. The van der Waals surface area contributed by atoms with E-state index < -0.39 is 6.10 Å². The largest absolute Gasteiger partial charge is 0.481 e. The highest BCUT2D eigenvalue weighted by atomic mass is 16.5. The van der Waals surface area contributed by atoms with Crippen LogP contribution < -0.4 is 10.1 Å². The fraction of sp³-hybridized carbons (Fsp3) is 0.364. The number of anilines is 1. The van der Waals surface area contributed by atoms with Gasteiger partial charge in [0.25, 0.3) is 11.8 Å². The monoisotopic (exact) mass is 366 g/mol. The zero-order valence-corrected chi connectivity index (χ0v) is 15.9. The lowest BCUT2D eigenvalue weighted by Gasteiger charge is -2.16. The number of nitrogens with zero attached hydrogens (tertiary/aromatic N) is 1. The third-order valence-electron chi connectivity index (χ3n) is 4.81. The van der Waals surface area contributed by atoms with Crippen molar-refractivity contribution in [1.82, 2.24) is 4.90 Å². The second-order valence-electron chi connectivity index (χ2n) is 6.82. The summed E-state index contributed by atoms with van der Waals surface area (Å²) in [5, 5.41) is 2.83. The molecule has 0 aliphatic carbocycles. The third-order valence-corrected chi connectivity index (χ3v) is 4.81. The van der Waals surface area contributed by atoms with E-state index in [1.807, 2.05) is 29.2 Å². The number of hydrogen-bond donors (Lipinski definition) is 1. The topological polar surface area (TPSA) is 58.6 Å². The number of carbonyl (C=O) groups is 2. The molecule has 2 amide bonds. The summed E-state index contributed by atoms with van der Waals surface area (Å²) in [5.41, 5.74) is 2.52. The molecule has 27 heavy (non-hydrogen) atoms. The van der Waals surface area contributed by atoms with E-state index in [1.54, 1.807) is 31.2 Å². The first-order valence-corrected chi connectivity index (χ1v) is 9.52. The second-order valence-corrected chi connectivity index (χ2v) is 6.82. The number of amides is 2. The van der Waals surface area contributed by atoms with Gasteiger partial charge in [-0.25, -0.2) is 0 Å². The molecule has 1 N–H and O–H groups in total. The lowest BCUT2D eigenvalue weighted by molar-refractivity contribution is -0.122. The Morgan fingerprint density at radius 1 is 1.04 bits per heavy atom. The van der Waals surface area contributed by atoms with Gasteiger partial charge in [-0.05, 0) is 68.1 Å². The molecular weight excluding hydrogens is 340 g/mol. The molecule has 5 nitrogen and oxygen atoms in total. The van der Waals surface area contributed by atoms with Gasteiger partial charge >= 0.3 is 0 Å². The number of likely N-dealkylation sites (tertiary alicyclic amines) is 1. The lowest BCUT2D eigenvalue weighted by Crippen LogP contribution is -2.30. The molecule has 0 unspecified atom stereocenters. The molecular formula is C22H26N2O3. The Hall–Kier alpha value is -2.82. The SMILES string of the molecule is CCc1ccc(O[C@H](C)C(=O)Nc2ccc(C(=O)N3CCCC3)cc2)cc1. The number of nitrogens with one attached hydrogen (secondary N) is 1. The van der Waals surface area contributed by atoms with E-state index in [4.69, 9.17) is 4.74 Å². The quantitative estimate of drug-likeness (QED) is 0.844. The lowest BCUT2D eigenvalue weighted by atomic mass is 10.1. The highest BCUT2D eigenvalue weighted by Gasteiger charge is 2.20. The zero-order valence-electron chi connectivity index (χ0n) is 15.9. The first kappa shape index (κ1) is 19.0. The van der Waals surface area contributed by atoms with Crippen LogP contribution in [0.2, 0.25) is 0 Å². The predicted octanol–water partition coefficient (Wildman–Crippen LogP) is 3.89. The Morgan fingerprint density at radius 3 is 2.26 bits per heavy atom. The van der Waals surface area contributed by atoms with Crippen molar-refractivity contribution in [3.05, 3.63) is 59.7 Å². The molecule has 1 atom stereocenters. The van der Waals surface area contributed by atoms with E-state index in [-0.39, 0.29) is 11.8 Å². The van der Waals surface area contributed by atoms with Crippen LogP contribution >= 0.6 is 0 Å². The first-order valence-electron chi connectivity index (χ1n) is 9.52. The van der Waals surface area contributed by atoms with Crippen molar-refractivity contribution in [2.75, 3.05) is 18.4 Å². The van der Waals surface area contributed by atoms with Gasteiger partial charge in [0.2, 0.25) is 0 Å². The van der Waals surface area contributed by atoms with Gasteiger partial charge in [-0.1, -0.05) is 19.1 Å². The minimum Gasteiger partial charge on any atom is -0.481 e. The number of rotatable bonds is 6. The normalized spacial score (nSPS) is 14.7. The summed E-state index contributed by atoms with van der Waals surface area (Å²) in [6.45, 7) is 5.46. The van der Waals surface area contributed by atoms with E-state index >= 15 is 0 Å². The van der Waals surface area contributed by atoms with Crippen molar-refractivity contribution in [1.29, 1.82) is 0 Å². The van der Waals surface area contributed by atoms with Gasteiger partial charge in [-0.2, -0.15) is 0 Å². The zero-order chi connectivity index (χ0) is 19.2. The highest BCUT2D eigenvalue weighted by molar-refractivity contribution is 5.97. The summed E-state index contributed by atoms with van der Waals surface area (Å²) in [5.74, 6) is 0.493. The first-order chi connectivity index (χ1) is 13.1. The molecule has 1 fully saturated rings. The maximum absolute atomic E-state index is 12.4. The summed E-state index contributed by atoms with van der Waals surface area (Å²) in [4.78, 5) is 26.6. The molecule has 1 aliphatic heterocycles. The molecule has 2 aromatic rings. The van der Waals surface area contributed by atoms with Gasteiger partial charge in [-0.3, -0.25) is 9.59 Å². The van der Waals surface area contributed by atoms with Crippen LogP contribution in [0.3, 0.4) is 0 Å². The fourth-order valence-electron chi connectivity index (χ4n) is 3.10. The van der Waals surface area contributed by atoms with Crippen molar-refractivity contribution in [2.45, 2.75) is 39.2 Å². The van der Waals surface area contributed by atoms with Crippen LogP contribution in [0, 0.1) is 0 Å². The Kier molecular flexibility index (Phi) is 6.12. The molecule has 2 aromatic carbocycles. The van der Waals surface area contributed by atoms with Gasteiger partial charge in [0.1, 0.15) is 5.75 Å². The summed E-state index contributed by atoms with van der Waals surface area (Å²) < 4.78 is 5.70. The van der Waals surface area contributed by atoms with Crippen molar-refractivity contribution in [3.63, 3.8) is 0 Å². The second kappa shape index (κ2) is 8.71. The molecule has 0 spiro atoms. The van der Waals surface area contributed by atoms with Gasteiger partial charge in [-0.15, -0.1) is 0 Å². The molecule has 142 valence electrons. The van der Waals surface area contributed by atoms with Crippen LogP contribution in [-0.4, -0.2) is 35.9 Å². The molecule has 0 saturated carbocycles. The minimum atomic E-state index is -0.622. The Labute approximate surface area is 160 Å². The average molecular weight is 366 g/mol. The van der Waals surface area contributed by atoms with Crippen molar-refractivity contribution < 1.29 is 14.3 Å². The molecule has 5 heteroatoms. The van der Waals surface area contributed by atoms with Crippen LogP contribution in [0.5, 0.6) is 5.75 Å². The van der Waals surface area contributed by atoms with Crippen LogP contribution in [0.25, 0.3) is 0 Å². The van der Waals surface area contributed by atoms with E-state index in [9.17, 15) is 9.59 Å². The number of hydrogen-bond acceptors (Lipinski definition) is 3. The van der Waals surface area contributed by atoms with Crippen molar-refractivity contribution in [2.24, 2.45) is 0 Å². The van der Waals surface area contributed by atoms with E-state index in [0.29, 0.717) is 17.0 Å². The van der Waals surface area contributed by atoms with Gasteiger partial charge < -0.3 is 15.0 Å². The highest BCUT2D eigenvalue weighted by Crippen LogP contribution is 2.17. The average Bonchev–Trinajstić information content (AvgIpc) is 3.23. The Balaban J connectivity index is 1.55. The van der Waals surface area contributed by atoms with Gasteiger partial charge in [0.05, 0.1) is 0 Å². The Bertz CT molecular complexity index is 778. The fourth-order valence-corrected chi connectivity index (χ4v) is 3.10. The van der Waals surface area contributed by atoms with Crippen LogP contribution in [0.15, 0.2) is 48.5 Å². The minimum absolute atomic E-state index is 0.0533. The van der Waals surface area contributed by atoms with Crippen molar-refractivity contribution >= 4 is 17.5 Å². The molecule has 0 radical (unpaired) electrons.